The maximum absolute atomic E-state index is 13.1. The van der Waals surface area contributed by atoms with Gasteiger partial charge in [-0.1, -0.05) is 36.4 Å². The van der Waals surface area contributed by atoms with Gasteiger partial charge in [-0.25, -0.2) is 0 Å². The smallest absolute Gasteiger partial charge is 0.261 e. The SMILES string of the molecule is COc1cccc(OC)c1C(=O)N1CCC(C(=O)NC(C)c2ccccc2)CC1. The second-order valence-electron chi connectivity index (χ2n) is 7.24. The van der Waals surface area contributed by atoms with E-state index in [2.05, 4.69) is 5.32 Å². The van der Waals surface area contributed by atoms with Crippen LogP contribution in [0.3, 0.4) is 0 Å². The lowest BCUT2D eigenvalue weighted by molar-refractivity contribution is -0.127. The van der Waals surface area contributed by atoms with Gasteiger partial charge in [0.25, 0.3) is 5.91 Å². The summed E-state index contributed by atoms with van der Waals surface area (Å²) >= 11 is 0. The van der Waals surface area contributed by atoms with Crippen LogP contribution in [-0.2, 0) is 4.79 Å². The number of benzene rings is 2. The number of carbonyl (C=O) groups is 2. The number of carbonyl (C=O) groups excluding carboxylic acids is 2. The van der Waals surface area contributed by atoms with Gasteiger partial charge in [0.1, 0.15) is 17.1 Å². The molecule has 1 aliphatic rings. The Morgan fingerprint density at radius 1 is 0.966 bits per heavy atom. The first-order valence-corrected chi connectivity index (χ1v) is 9.90. The zero-order valence-corrected chi connectivity index (χ0v) is 17.2. The molecule has 0 bridgehead atoms. The average Bonchev–Trinajstić information content (AvgIpc) is 2.78. The third-order valence-corrected chi connectivity index (χ3v) is 5.45. The molecule has 1 fully saturated rings. The van der Waals surface area contributed by atoms with Crippen LogP contribution in [0.5, 0.6) is 11.5 Å². The van der Waals surface area contributed by atoms with E-state index in [0.29, 0.717) is 43.0 Å². The van der Waals surface area contributed by atoms with Crippen molar-refractivity contribution in [2.24, 2.45) is 5.92 Å². The molecule has 3 rings (SSSR count). The minimum Gasteiger partial charge on any atom is -0.496 e. The molecule has 2 aromatic carbocycles. The minimum absolute atomic E-state index is 0.0406. The topological polar surface area (TPSA) is 67.9 Å². The first-order chi connectivity index (χ1) is 14.0. The number of piperidine rings is 1. The van der Waals surface area contributed by atoms with Gasteiger partial charge in [0, 0.05) is 19.0 Å². The van der Waals surface area contributed by atoms with Gasteiger partial charge in [0.2, 0.25) is 5.91 Å². The molecule has 0 spiro atoms. The molecule has 0 radical (unpaired) electrons. The summed E-state index contributed by atoms with van der Waals surface area (Å²) in [7, 11) is 3.08. The van der Waals surface area contributed by atoms with Crippen LogP contribution in [0, 0.1) is 5.92 Å². The maximum atomic E-state index is 13.1. The van der Waals surface area contributed by atoms with Crippen molar-refractivity contribution in [2.75, 3.05) is 27.3 Å². The van der Waals surface area contributed by atoms with E-state index >= 15 is 0 Å². The van der Waals surface area contributed by atoms with Crippen LogP contribution in [0.2, 0.25) is 0 Å². The number of hydrogen-bond acceptors (Lipinski definition) is 4. The van der Waals surface area contributed by atoms with Crippen molar-refractivity contribution in [3.8, 4) is 11.5 Å². The normalized spacial score (nSPS) is 15.5. The van der Waals surface area contributed by atoms with Gasteiger partial charge in [0.05, 0.1) is 20.3 Å². The fraction of sp³-hybridized carbons (Fsp3) is 0.391. The predicted octanol–water partition coefficient (Wildman–Crippen LogP) is 3.43. The number of amides is 2. The highest BCUT2D eigenvalue weighted by Crippen LogP contribution is 2.31. The molecule has 0 aromatic heterocycles. The van der Waals surface area contributed by atoms with E-state index in [4.69, 9.17) is 9.47 Å². The highest BCUT2D eigenvalue weighted by molar-refractivity contribution is 6.00. The van der Waals surface area contributed by atoms with Crippen LogP contribution >= 0.6 is 0 Å². The zero-order valence-electron chi connectivity index (χ0n) is 17.2. The summed E-state index contributed by atoms with van der Waals surface area (Å²) in [4.78, 5) is 27.5. The summed E-state index contributed by atoms with van der Waals surface area (Å²) in [5, 5.41) is 3.10. The van der Waals surface area contributed by atoms with Gasteiger partial charge in [-0.15, -0.1) is 0 Å². The number of hydrogen-bond donors (Lipinski definition) is 1. The van der Waals surface area contributed by atoms with Crippen LogP contribution < -0.4 is 14.8 Å². The Morgan fingerprint density at radius 3 is 2.10 bits per heavy atom. The van der Waals surface area contributed by atoms with Crippen LogP contribution in [0.15, 0.2) is 48.5 Å². The first kappa shape index (κ1) is 20.7. The Balaban J connectivity index is 1.61. The van der Waals surface area contributed by atoms with E-state index in [9.17, 15) is 9.59 Å². The number of nitrogens with one attached hydrogen (secondary N) is 1. The predicted molar refractivity (Wildman–Crippen MR) is 111 cm³/mol. The summed E-state index contributed by atoms with van der Waals surface area (Å²) in [6, 6.07) is 15.2. The third kappa shape index (κ3) is 4.70. The number of methoxy groups -OCH3 is 2. The van der Waals surface area contributed by atoms with Gasteiger partial charge >= 0.3 is 0 Å². The fourth-order valence-electron chi connectivity index (χ4n) is 3.72. The minimum atomic E-state index is -0.129. The summed E-state index contributed by atoms with van der Waals surface area (Å²) in [5.74, 6) is 0.806. The zero-order chi connectivity index (χ0) is 20.8. The van der Waals surface area contributed by atoms with E-state index < -0.39 is 0 Å². The van der Waals surface area contributed by atoms with Crippen molar-refractivity contribution < 1.29 is 19.1 Å². The highest BCUT2D eigenvalue weighted by atomic mass is 16.5. The lowest BCUT2D eigenvalue weighted by atomic mass is 9.94. The molecule has 1 heterocycles. The van der Waals surface area contributed by atoms with Crippen LogP contribution in [0.4, 0.5) is 0 Å². The molecule has 2 amide bonds. The van der Waals surface area contributed by atoms with E-state index in [-0.39, 0.29) is 23.8 Å². The highest BCUT2D eigenvalue weighted by Gasteiger charge is 2.31. The molecular weight excluding hydrogens is 368 g/mol. The molecule has 1 unspecified atom stereocenters. The van der Waals surface area contributed by atoms with E-state index in [1.807, 2.05) is 37.3 Å². The van der Waals surface area contributed by atoms with Gasteiger partial charge in [0.15, 0.2) is 0 Å². The van der Waals surface area contributed by atoms with Gasteiger partial charge in [-0.3, -0.25) is 9.59 Å². The van der Waals surface area contributed by atoms with E-state index in [0.717, 1.165) is 5.56 Å². The molecule has 1 atom stereocenters. The average molecular weight is 396 g/mol. The Kier molecular flexibility index (Phi) is 6.75. The molecule has 6 heteroatoms. The van der Waals surface area contributed by atoms with Crippen molar-refractivity contribution in [1.29, 1.82) is 0 Å². The van der Waals surface area contributed by atoms with E-state index in [1.54, 1.807) is 23.1 Å². The molecule has 1 saturated heterocycles. The van der Waals surface area contributed by atoms with Crippen molar-refractivity contribution in [2.45, 2.75) is 25.8 Å². The molecule has 1 N–H and O–H groups in total. The number of ether oxygens (including phenoxy) is 2. The van der Waals surface area contributed by atoms with Crippen molar-refractivity contribution in [3.63, 3.8) is 0 Å². The first-order valence-electron chi connectivity index (χ1n) is 9.90. The molecule has 154 valence electrons. The second kappa shape index (κ2) is 9.45. The Bertz CT molecular complexity index is 823. The van der Waals surface area contributed by atoms with Crippen molar-refractivity contribution in [1.82, 2.24) is 10.2 Å². The van der Waals surface area contributed by atoms with Gasteiger partial charge in [-0.05, 0) is 37.5 Å². The Morgan fingerprint density at radius 2 is 1.55 bits per heavy atom. The van der Waals surface area contributed by atoms with Crippen molar-refractivity contribution in [3.05, 3.63) is 59.7 Å². The Labute approximate surface area is 171 Å². The lowest BCUT2D eigenvalue weighted by Gasteiger charge is -2.32. The largest absolute Gasteiger partial charge is 0.496 e. The standard InChI is InChI=1S/C23H28N2O4/c1-16(17-8-5-4-6-9-17)24-22(26)18-12-14-25(15-13-18)23(27)21-19(28-2)10-7-11-20(21)29-3/h4-11,16,18H,12-15H2,1-3H3,(H,24,26). The van der Waals surface area contributed by atoms with Crippen molar-refractivity contribution >= 4 is 11.8 Å². The Hall–Kier alpha value is -3.02. The summed E-state index contributed by atoms with van der Waals surface area (Å²) in [6.45, 7) is 3.04. The van der Waals surface area contributed by atoms with Crippen LogP contribution in [0.25, 0.3) is 0 Å². The molecule has 0 aliphatic carbocycles. The van der Waals surface area contributed by atoms with E-state index in [1.165, 1.54) is 14.2 Å². The number of rotatable bonds is 6. The number of nitrogens with zero attached hydrogens (tertiary/aromatic N) is 1. The molecule has 1 aliphatic heterocycles. The lowest BCUT2D eigenvalue weighted by Crippen LogP contribution is -2.43. The monoisotopic (exact) mass is 396 g/mol. The van der Waals surface area contributed by atoms with Gasteiger partial charge < -0.3 is 19.7 Å². The summed E-state index contributed by atoms with van der Waals surface area (Å²) in [6.07, 6.45) is 1.27. The second-order valence-corrected chi connectivity index (χ2v) is 7.24. The molecular formula is C23H28N2O4. The molecule has 6 nitrogen and oxygen atoms in total. The quantitative estimate of drug-likeness (QED) is 0.812. The van der Waals surface area contributed by atoms with Gasteiger partial charge in [-0.2, -0.15) is 0 Å². The van der Waals surface area contributed by atoms with Crippen LogP contribution in [-0.4, -0.2) is 44.0 Å². The third-order valence-electron chi connectivity index (χ3n) is 5.45. The summed E-state index contributed by atoms with van der Waals surface area (Å²) in [5.41, 5.74) is 1.51. The summed E-state index contributed by atoms with van der Waals surface area (Å²) < 4.78 is 10.7. The molecule has 29 heavy (non-hydrogen) atoms. The van der Waals surface area contributed by atoms with Crippen LogP contribution in [0.1, 0.15) is 41.7 Å². The maximum Gasteiger partial charge on any atom is 0.261 e. The fourth-order valence-corrected chi connectivity index (χ4v) is 3.72. The number of likely N-dealkylation sites (tertiary alicyclic amines) is 1. The molecule has 2 aromatic rings. The molecule has 0 saturated carbocycles.